The third-order valence-electron chi connectivity index (χ3n) is 0.932. The van der Waals surface area contributed by atoms with Gasteiger partial charge >= 0.3 is 0 Å². The molecule has 0 unspecified atom stereocenters. The fraction of sp³-hybridized carbons (Fsp3) is 0.800. The summed E-state index contributed by atoms with van der Waals surface area (Å²) in [6, 6.07) is 0. The van der Waals surface area contributed by atoms with Gasteiger partial charge in [-0.25, -0.2) is 0 Å². The van der Waals surface area contributed by atoms with E-state index in [0.29, 0.717) is 0 Å². The maximum Gasteiger partial charge on any atom is 0.256 e. The van der Waals surface area contributed by atoms with E-state index >= 15 is 0 Å². The van der Waals surface area contributed by atoms with Gasteiger partial charge in [-0.15, -0.1) is 0 Å². The van der Waals surface area contributed by atoms with E-state index in [-0.39, 0.29) is 0 Å². The first-order chi connectivity index (χ1) is 3.68. The molecule has 0 spiro atoms. The highest BCUT2D eigenvalue weighted by Gasteiger charge is 1.94. The molecule has 3 nitrogen and oxygen atoms in total. The van der Waals surface area contributed by atoms with Crippen LogP contribution in [0.1, 0.15) is 0 Å². The van der Waals surface area contributed by atoms with E-state index < -0.39 is 0 Å². The van der Waals surface area contributed by atoms with E-state index in [1.165, 1.54) is 0 Å². The number of nitrogens with one attached hydrogen (secondary N) is 1. The summed E-state index contributed by atoms with van der Waals surface area (Å²) in [5.41, 5.74) is 5.51. The first-order valence-electron chi connectivity index (χ1n) is 2.61. The predicted molar refractivity (Wildman–Crippen MR) is 35.2 cm³/mol. The second-order valence-corrected chi connectivity index (χ2v) is 1.92. The average molecular weight is 116 g/mol. The van der Waals surface area contributed by atoms with Gasteiger partial charge in [0.15, 0.2) is 0 Å². The highest BCUT2D eigenvalue weighted by molar-refractivity contribution is 5.77. The number of nitrogens with two attached hydrogens (primary N) is 1. The van der Waals surface area contributed by atoms with Crippen LogP contribution in [0.15, 0.2) is 0 Å². The summed E-state index contributed by atoms with van der Waals surface area (Å²) in [5.74, 6) is 0.854. The summed E-state index contributed by atoms with van der Waals surface area (Å²) in [5, 5.41) is 2.95. The third kappa shape index (κ3) is 2.58. The van der Waals surface area contributed by atoms with Gasteiger partial charge < -0.3 is 5.32 Å². The topological polar surface area (TPSA) is 41.1 Å². The molecule has 0 aromatic rings. The Bertz CT molecular complexity index is 91.8. The van der Waals surface area contributed by atoms with Crippen molar-refractivity contribution >= 4 is 5.84 Å². The predicted octanol–water partition coefficient (Wildman–Crippen LogP) is -1.16. The molecule has 0 heterocycles. The smallest absolute Gasteiger partial charge is 0.256 e. The minimum absolute atomic E-state index is 0.757. The van der Waals surface area contributed by atoms with Crippen LogP contribution in [-0.4, -0.2) is 38.1 Å². The molecule has 0 aliphatic rings. The third-order valence-corrected chi connectivity index (χ3v) is 0.932. The van der Waals surface area contributed by atoms with Crippen LogP contribution in [0.2, 0.25) is 0 Å². The molecule has 0 atom stereocenters. The van der Waals surface area contributed by atoms with E-state index in [0.717, 1.165) is 12.4 Å². The first kappa shape index (κ1) is 7.43. The lowest BCUT2D eigenvalue weighted by molar-refractivity contribution is -0.466. The number of amidine groups is 1. The molecule has 0 saturated heterocycles. The van der Waals surface area contributed by atoms with Gasteiger partial charge in [0, 0.05) is 0 Å². The molecular formula is C5H14N3+. The lowest BCUT2D eigenvalue weighted by Crippen LogP contribution is -2.32. The molecule has 0 aliphatic heterocycles. The van der Waals surface area contributed by atoms with Crippen LogP contribution in [-0.2, 0) is 0 Å². The lowest BCUT2D eigenvalue weighted by Gasteiger charge is -1.95. The highest BCUT2D eigenvalue weighted by Crippen LogP contribution is 1.58. The fourth-order valence-corrected chi connectivity index (χ4v) is 0.339. The Morgan fingerprint density at radius 1 is 1.62 bits per heavy atom. The minimum atomic E-state index is 0.757. The van der Waals surface area contributed by atoms with Crippen molar-refractivity contribution in [3.05, 3.63) is 0 Å². The van der Waals surface area contributed by atoms with Gasteiger partial charge in [-0.2, -0.15) is 0 Å². The Morgan fingerprint density at radius 3 is 2.25 bits per heavy atom. The normalized spacial score (nSPS) is 8.88. The summed E-state index contributed by atoms with van der Waals surface area (Å²) in [4.78, 5) is 0. The number of nitrogens with zero attached hydrogens (tertiary/aromatic N) is 1. The van der Waals surface area contributed by atoms with Crippen molar-refractivity contribution in [1.29, 1.82) is 0 Å². The van der Waals surface area contributed by atoms with Crippen molar-refractivity contribution in [2.75, 3.05) is 27.7 Å². The average Bonchev–Trinajstić information content (AvgIpc) is 1.67. The summed E-state index contributed by atoms with van der Waals surface area (Å²) in [6.07, 6.45) is 0. The molecule has 0 aromatic carbocycles. The molecular weight excluding hydrogens is 102 g/mol. The van der Waals surface area contributed by atoms with Crippen molar-refractivity contribution in [3.63, 3.8) is 0 Å². The Morgan fingerprint density at radius 2 is 2.12 bits per heavy atom. The van der Waals surface area contributed by atoms with Gasteiger partial charge in [-0.3, -0.25) is 10.3 Å². The number of hydrogen-bond donors (Lipinski definition) is 2. The summed E-state index contributed by atoms with van der Waals surface area (Å²) < 4.78 is 1.89. The zero-order valence-corrected chi connectivity index (χ0v) is 5.73. The molecule has 0 fully saturated rings. The van der Waals surface area contributed by atoms with Gasteiger partial charge in [0.05, 0.1) is 20.6 Å². The van der Waals surface area contributed by atoms with Crippen molar-refractivity contribution in [2.24, 2.45) is 5.73 Å². The van der Waals surface area contributed by atoms with Gasteiger partial charge in [-0.05, 0) is 7.05 Å². The van der Waals surface area contributed by atoms with Crippen LogP contribution in [0.5, 0.6) is 0 Å². The van der Waals surface area contributed by atoms with Crippen molar-refractivity contribution < 1.29 is 4.58 Å². The largest absolute Gasteiger partial charge is 0.309 e. The molecule has 0 amide bonds. The summed E-state index contributed by atoms with van der Waals surface area (Å²) >= 11 is 0. The van der Waals surface area contributed by atoms with Crippen molar-refractivity contribution in [2.45, 2.75) is 0 Å². The number of likely N-dealkylation sites (N-methyl/N-ethyl adjacent to an activating group) is 1. The minimum Gasteiger partial charge on any atom is -0.309 e. The van der Waals surface area contributed by atoms with Crippen molar-refractivity contribution in [1.82, 2.24) is 5.32 Å². The lowest BCUT2D eigenvalue weighted by atomic mass is 10.6. The van der Waals surface area contributed by atoms with Gasteiger partial charge in [-0.1, -0.05) is 0 Å². The molecule has 0 radical (unpaired) electrons. The van der Waals surface area contributed by atoms with E-state index in [1.54, 1.807) is 0 Å². The van der Waals surface area contributed by atoms with Crippen LogP contribution >= 0.6 is 0 Å². The maximum absolute atomic E-state index is 5.51. The monoisotopic (exact) mass is 116 g/mol. The Labute approximate surface area is 50.2 Å². The quantitative estimate of drug-likeness (QED) is 0.271. The van der Waals surface area contributed by atoms with Crippen LogP contribution in [0.4, 0.5) is 0 Å². The molecule has 0 saturated carbocycles. The van der Waals surface area contributed by atoms with Gasteiger partial charge in [0.2, 0.25) is 0 Å². The van der Waals surface area contributed by atoms with E-state index in [4.69, 9.17) is 5.73 Å². The van der Waals surface area contributed by atoms with E-state index in [9.17, 15) is 0 Å². The molecule has 48 valence electrons. The molecule has 3 N–H and O–H groups in total. The fourth-order valence-electron chi connectivity index (χ4n) is 0.339. The molecule has 0 bridgehead atoms. The summed E-state index contributed by atoms with van der Waals surface area (Å²) in [6.45, 7) is 0.757. The van der Waals surface area contributed by atoms with E-state index in [1.807, 2.05) is 25.7 Å². The molecule has 8 heavy (non-hydrogen) atoms. The summed E-state index contributed by atoms with van der Waals surface area (Å²) in [7, 11) is 5.72. The molecule has 0 rings (SSSR count). The van der Waals surface area contributed by atoms with Crippen LogP contribution in [0.25, 0.3) is 0 Å². The molecule has 3 heteroatoms. The second-order valence-electron chi connectivity index (χ2n) is 1.92. The Hall–Kier alpha value is -0.570. The zero-order chi connectivity index (χ0) is 6.57. The van der Waals surface area contributed by atoms with Crippen LogP contribution in [0, 0.1) is 0 Å². The molecule has 0 aromatic heterocycles. The van der Waals surface area contributed by atoms with Crippen LogP contribution < -0.4 is 11.1 Å². The zero-order valence-electron chi connectivity index (χ0n) is 5.73. The van der Waals surface area contributed by atoms with Gasteiger partial charge in [0.25, 0.3) is 5.84 Å². The standard InChI is InChI=1S/C5H13N3/c1-7-4-5(6)8(2)3/h6-7H,4H2,1-3H3/p+1. The van der Waals surface area contributed by atoms with Crippen LogP contribution in [0.3, 0.4) is 0 Å². The molecule has 0 aliphatic carbocycles. The SMILES string of the molecule is CNCC(N)=[N+](C)C. The first-order valence-corrected chi connectivity index (χ1v) is 2.61. The second kappa shape index (κ2) is 3.43. The number of rotatable bonds is 2. The number of hydrogen-bond acceptors (Lipinski definition) is 1. The van der Waals surface area contributed by atoms with Gasteiger partial charge in [0.1, 0.15) is 0 Å². The maximum atomic E-state index is 5.51. The Kier molecular flexibility index (Phi) is 3.19. The van der Waals surface area contributed by atoms with E-state index in [2.05, 4.69) is 5.32 Å². The Balaban J connectivity index is 3.62. The highest BCUT2D eigenvalue weighted by atomic mass is 15.0. The van der Waals surface area contributed by atoms with Crippen molar-refractivity contribution in [3.8, 4) is 0 Å².